The fraction of sp³-hybridized carbons (Fsp3) is 0. The quantitative estimate of drug-likeness (QED) is 0.404. The first kappa shape index (κ1) is 3.83. The molecule has 0 aromatic heterocycles. The molecule has 0 aliphatic carbocycles. The number of hydrogen-bond acceptors (Lipinski definition) is 5. The van der Waals surface area contributed by atoms with Crippen LogP contribution in [0.3, 0.4) is 0 Å². The molecule has 0 aromatic rings. The van der Waals surface area contributed by atoms with Crippen LogP contribution < -0.4 is 0 Å². The van der Waals surface area contributed by atoms with Crippen LogP contribution in [0.1, 0.15) is 0 Å². The standard InChI is InChI=1S/C2N4O/c7-1-2-3-5-6-4-2. The van der Waals surface area contributed by atoms with Gasteiger partial charge in [0.15, 0.2) is 5.94 Å². The van der Waals surface area contributed by atoms with E-state index in [9.17, 15) is 4.79 Å². The molecular weight excluding hydrogens is 96.0 g/mol. The molecule has 0 saturated heterocycles. The molecule has 1 aliphatic rings. The number of rotatable bonds is 0. The van der Waals surface area contributed by atoms with Crippen molar-refractivity contribution >= 4 is 5.94 Å². The third-order valence-electron chi connectivity index (χ3n) is 0.410. The largest absolute Gasteiger partial charge is 0.282 e. The summed E-state index contributed by atoms with van der Waals surface area (Å²) in [6.07, 6.45) is 0. The summed E-state index contributed by atoms with van der Waals surface area (Å²) in [5, 5.41) is 12.3. The first-order valence-electron chi connectivity index (χ1n) is 1.50. The molecular formula is C2N4O. The van der Waals surface area contributed by atoms with Crippen LogP contribution >= 0.6 is 0 Å². The Morgan fingerprint density at radius 3 is 2.14 bits per heavy atom. The van der Waals surface area contributed by atoms with Gasteiger partial charge in [-0.3, -0.25) is 0 Å². The van der Waals surface area contributed by atoms with Crippen LogP contribution in [0.4, 0.5) is 0 Å². The fourth-order valence-corrected chi connectivity index (χ4v) is 0.186. The molecule has 0 bridgehead atoms. The molecule has 34 valence electrons. The molecule has 0 unspecified atom stereocenters. The van der Waals surface area contributed by atoms with Crippen LogP contribution in [-0.4, -0.2) is 5.94 Å². The lowest BCUT2D eigenvalue weighted by Gasteiger charge is -1.60. The maximum absolute atomic E-state index is 9.54. The molecule has 0 N–H and O–H groups in total. The number of nitrogens with zero attached hydrogens (tertiary/aromatic N) is 4. The highest BCUT2D eigenvalue weighted by molar-refractivity contribution is 5.50. The van der Waals surface area contributed by atoms with Crippen LogP contribution in [0.5, 0.6) is 0 Å². The number of hydrogen-bond donors (Lipinski definition) is 0. The van der Waals surface area contributed by atoms with Crippen molar-refractivity contribution < 1.29 is 4.79 Å². The second-order valence-corrected chi connectivity index (χ2v) is 0.805. The van der Waals surface area contributed by atoms with E-state index in [0.717, 1.165) is 0 Å². The Bertz CT molecular complexity index is 160. The highest BCUT2D eigenvalue weighted by Crippen LogP contribution is 2.02. The summed E-state index contributed by atoms with van der Waals surface area (Å²) in [5.74, 6) is 1.31. The second-order valence-electron chi connectivity index (χ2n) is 0.805. The van der Waals surface area contributed by atoms with Gasteiger partial charge in [0.2, 0.25) is 0 Å². The molecule has 0 atom stereocenters. The molecule has 0 radical (unpaired) electrons. The summed E-state index contributed by atoms with van der Waals surface area (Å²) in [6.45, 7) is 0. The fourth-order valence-electron chi connectivity index (χ4n) is 0.186. The molecule has 5 heteroatoms. The van der Waals surface area contributed by atoms with E-state index in [1.165, 1.54) is 5.94 Å². The highest BCUT2D eigenvalue weighted by atomic mass is 16.1. The van der Waals surface area contributed by atoms with Crippen LogP contribution in [0.2, 0.25) is 0 Å². The summed E-state index contributed by atoms with van der Waals surface area (Å²) >= 11 is 0. The third-order valence-corrected chi connectivity index (χ3v) is 0.410. The summed E-state index contributed by atoms with van der Waals surface area (Å²) < 4.78 is 0. The van der Waals surface area contributed by atoms with Gasteiger partial charge in [0, 0.05) is 0 Å². The zero-order valence-corrected chi connectivity index (χ0v) is 3.20. The molecule has 0 saturated carbocycles. The van der Waals surface area contributed by atoms with Crippen molar-refractivity contribution in [2.45, 2.75) is 0 Å². The lowest BCUT2D eigenvalue weighted by atomic mass is 10.9. The van der Waals surface area contributed by atoms with Crippen molar-refractivity contribution in [1.29, 1.82) is 0 Å². The van der Waals surface area contributed by atoms with E-state index in [1.54, 1.807) is 0 Å². The van der Waals surface area contributed by atoms with Crippen molar-refractivity contribution in [2.24, 2.45) is 20.7 Å². The number of carbonyl (C=O) groups excluding carboxylic acids is 1. The Kier molecular flexibility index (Phi) is 0.766. The summed E-state index contributed by atoms with van der Waals surface area (Å²) in [7, 11) is 0. The molecule has 1 aliphatic heterocycles. The smallest absolute Gasteiger partial charge is 0.229 e. The Morgan fingerprint density at radius 2 is 1.86 bits per heavy atom. The Hall–Kier alpha value is -1.35. The van der Waals surface area contributed by atoms with Gasteiger partial charge in [0.25, 0.3) is 5.82 Å². The van der Waals surface area contributed by atoms with E-state index in [1.807, 2.05) is 0 Å². The van der Waals surface area contributed by atoms with Crippen LogP contribution in [0.25, 0.3) is 0 Å². The maximum Gasteiger partial charge on any atom is 0.282 e. The van der Waals surface area contributed by atoms with Crippen molar-refractivity contribution in [2.75, 3.05) is 0 Å². The first-order chi connectivity index (χ1) is 3.43. The normalized spacial score (nSPS) is 15.1. The van der Waals surface area contributed by atoms with Gasteiger partial charge >= 0.3 is 0 Å². The topological polar surface area (TPSA) is 66.5 Å². The average Bonchev–Trinajstić information content (AvgIpc) is 2.14. The molecule has 7 heavy (non-hydrogen) atoms. The summed E-state index contributed by atoms with van der Waals surface area (Å²) in [5.41, 5.74) is 0. The van der Waals surface area contributed by atoms with Crippen molar-refractivity contribution in [3.05, 3.63) is 5.82 Å². The molecule has 0 aromatic carbocycles. The van der Waals surface area contributed by atoms with Crippen molar-refractivity contribution in [1.82, 2.24) is 0 Å². The van der Waals surface area contributed by atoms with Crippen LogP contribution in [-0.2, 0) is 4.79 Å². The van der Waals surface area contributed by atoms with Crippen molar-refractivity contribution in [3.8, 4) is 0 Å². The minimum absolute atomic E-state index is 0.0972. The SMILES string of the molecule is O=C=C1N=NN=N1. The average molecular weight is 96.0 g/mol. The van der Waals surface area contributed by atoms with E-state index in [2.05, 4.69) is 20.7 Å². The zero-order valence-electron chi connectivity index (χ0n) is 3.20. The molecule has 0 amide bonds. The molecule has 1 rings (SSSR count). The van der Waals surface area contributed by atoms with E-state index >= 15 is 0 Å². The third kappa shape index (κ3) is 0.558. The van der Waals surface area contributed by atoms with E-state index in [-0.39, 0.29) is 5.82 Å². The molecule has 1 heterocycles. The summed E-state index contributed by atoms with van der Waals surface area (Å²) in [6, 6.07) is 0. The summed E-state index contributed by atoms with van der Waals surface area (Å²) in [4.78, 5) is 9.54. The Morgan fingerprint density at radius 1 is 1.29 bits per heavy atom. The van der Waals surface area contributed by atoms with Crippen LogP contribution in [0.15, 0.2) is 26.5 Å². The predicted octanol–water partition coefficient (Wildman–Crippen LogP) is 0.492. The van der Waals surface area contributed by atoms with Crippen molar-refractivity contribution in [3.63, 3.8) is 0 Å². The van der Waals surface area contributed by atoms with Gasteiger partial charge in [-0.05, 0) is 10.4 Å². The van der Waals surface area contributed by atoms with Gasteiger partial charge in [-0.15, -0.1) is 0 Å². The minimum atomic E-state index is -0.0972. The van der Waals surface area contributed by atoms with E-state index in [4.69, 9.17) is 0 Å². The molecule has 5 nitrogen and oxygen atoms in total. The van der Waals surface area contributed by atoms with E-state index < -0.39 is 0 Å². The van der Waals surface area contributed by atoms with Gasteiger partial charge in [0.05, 0.1) is 0 Å². The van der Waals surface area contributed by atoms with Gasteiger partial charge in [-0.1, -0.05) is 10.2 Å². The minimum Gasteiger partial charge on any atom is -0.229 e. The zero-order chi connectivity index (χ0) is 5.11. The predicted molar refractivity (Wildman–Crippen MR) is 18.9 cm³/mol. The Balaban J connectivity index is 3.00. The van der Waals surface area contributed by atoms with Gasteiger partial charge in [-0.2, -0.15) is 0 Å². The maximum atomic E-state index is 9.54. The van der Waals surface area contributed by atoms with E-state index in [0.29, 0.717) is 0 Å². The Labute approximate surface area is 38.4 Å². The van der Waals surface area contributed by atoms with Gasteiger partial charge in [0.1, 0.15) is 0 Å². The first-order valence-corrected chi connectivity index (χ1v) is 1.50. The molecule has 0 fully saturated rings. The lowest BCUT2D eigenvalue weighted by molar-refractivity contribution is 0.566. The molecule has 0 spiro atoms. The monoisotopic (exact) mass is 96.0 g/mol. The van der Waals surface area contributed by atoms with Gasteiger partial charge in [-0.25, -0.2) is 4.79 Å². The van der Waals surface area contributed by atoms with Gasteiger partial charge < -0.3 is 0 Å². The highest BCUT2D eigenvalue weighted by Gasteiger charge is 1.94. The van der Waals surface area contributed by atoms with Crippen LogP contribution in [0, 0.1) is 0 Å². The lowest BCUT2D eigenvalue weighted by Crippen LogP contribution is -1.60. The second kappa shape index (κ2) is 1.40.